The molecule has 0 atom stereocenters. The summed E-state index contributed by atoms with van der Waals surface area (Å²) in [6.45, 7) is 1.97. The van der Waals surface area contributed by atoms with E-state index in [-0.39, 0.29) is 6.03 Å². The number of anilines is 1. The van der Waals surface area contributed by atoms with Gasteiger partial charge in [0.25, 0.3) is 0 Å². The maximum Gasteiger partial charge on any atom is 0.322 e. The number of likely N-dealkylation sites (N-methyl/N-ethyl adjacent to an activating group) is 1. The number of hydrogen-bond acceptors (Lipinski definition) is 3. The second kappa shape index (κ2) is 9.44. The molecule has 0 aliphatic rings. The summed E-state index contributed by atoms with van der Waals surface area (Å²) in [5.41, 5.74) is 1.74. The highest BCUT2D eigenvalue weighted by Crippen LogP contribution is 2.28. The average Bonchev–Trinajstić information content (AvgIpc) is 2.59. The topological polar surface area (TPSA) is 44.8 Å². The summed E-state index contributed by atoms with van der Waals surface area (Å²) < 4.78 is 6.22. The summed E-state index contributed by atoms with van der Waals surface area (Å²) in [6.07, 6.45) is 0. The summed E-state index contributed by atoms with van der Waals surface area (Å²) in [6, 6.07) is 15.4. The number of methoxy groups -OCH3 is 1. The number of hydrogen-bond donors (Lipinski definition) is 1. The molecule has 0 spiro atoms. The molecule has 0 saturated heterocycles. The Hall–Kier alpha value is -2.05. The van der Waals surface area contributed by atoms with E-state index in [2.05, 4.69) is 26.1 Å². The third-order valence-electron chi connectivity index (χ3n) is 3.72. The Balaban J connectivity index is 2.15. The minimum Gasteiger partial charge on any atom is -0.495 e. The summed E-state index contributed by atoms with van der Waals surface area (Å²) >= 11 is 3.43. The van der Waals surface area contributed by atoms with Crippen molar-refractivity contribution in [3.63, 3.8) is 0 Å². The van der Waals surface area contributed by atoms with Crippen molar-refractivity contribution in [2.45, 2.75) is 6.54 Å². The SMILES string of the molecule is COc1ccc(Br)cc1NC(=O)N(CCN(C)C)Cc1ccccc1. The number of rotatable bonds is 7. The Morgan fingerprint density at radius 1 is 1.12 bits per heavy atom. The molecule has 0 heterocycles. The van der Waals surface area contributed by atoms with Gasteiger partial charge in [-0.1, -0.05) is 46.3 Å². The van der Waals surface area contributed by atoms with Crippen LogP contribution in [0, 0.1) is 0 Å². The van der Waals surface area contributed by atoms with Crippen molar-refractivity contribution >= 4 is 27.6 Å². The predicted octanol–water partition coefficient (Wildman–Crippen LogP) is 4.05. The Morgan fingerprint density at radius 2 is 1.84 bits per heavy atom. The van der Waals surface area contributed by atoms with Crippen LogP contribution in [0.1, 0.15) is 5.56 Å². The van der Waals surface area contributed by atoms with Crippen molar-refractivity contribution in [2.75, 3.05) is 39.6 Å². The van der Waals surface area contributed by atoms with E-state index in [1.807, 2.05) is 62.6 Å². The summed E-state index contributed by atoms with van der Waals surface area (Å²) in [4.78, 5) is 16.7. The normalized spacial score (nSPS) is 10.6. The molecular weight excluding hydrogens is 382 g/mol. The molecule has 5 nitrogen and oxygen atoms in total. The van der Waals surface area contributed by atoms with Gasteiger partial charge in [-0.05, 0) is 37.9 Å². The monoisotopic (exact) mass is 405 g/mol. The largest absolute Gasteiger partial charge is 0.495 e. The minimum atomic E-state index is -0.151. The molecule has 0 aromatic heterocycles. The third kappa shape index (κ3) is 6.07. The number of carbonyl (C=O) groups is 1. The van der Waals surface area contributed by atoms with Crippen molar-refractivity contribution < 1.29 is 9.53 Å². The lowest BCUT2D eigenvalue weighted by molar-refractivity contribution is 0.202. The predicted molar refractivity (Wildman–Crippen MR) is 105 cm³/mol. The minimum absolute atomic E-state index is 0.151. The molecule has 0 bridgehead atoms. The molecule has 0 aliphatic carbocycles. The van der Waals surface area contributed by atoms with Gasteiger partial charge in [0.1, 0.15) is 5.75 Å². The molecule has 1 N–H and O–H groups in total. The molecule has 0 aliphatic heterocycles. The summed E-state index contributed by atoms with van der Waals surface area (Å²) in [7, 11) is 5.58. The van der Waals surface area contributed by atoms with E-state index in [1.165, 1.54) is 0 Å². The molecule has 2 amide bonds. The summed E-state index contributed by atoms with van der Waals surface area (Å²) in [5, 5.41) is 2.96. The second-order valence-electron chi connectivity index (χ2n) is 5.99. The molecule has 0 unspecified atom stereocenters. The first-order valence-corrected chi connectivity index (χ1v) is 8.87. The van der Waals surface area contributed by atoms with Crippen molar-refractivity contribution in [2.24, 2.45) is 0 Å². The number of nitrogens with zero attached hydrogens (tertiary/aromatic N) is 2. The van der Waals surface area contributed by atoms with Crippen molar-refractivity contribution in [1.82, 2.24) is 9.80 Å². The van der Waals surface area contributed by atoms with Crippen molar-refractivity contribution in [1.29, 1.82) is 0 Å². The van der Waals surface area contributed by atoms with Crippen LogP contribution in [0.4, 0.5) is 10.5 Å². The molecule has 134 valence electrons. The smallest absolute Gasteiger partial charge is 0.322 e. The highest BCUT2D eigenvalue weighted by Gasteiger charge is 2.16. The van der Waals surface area contributed by atoms with Crippen LogP contribution in [0.25, 0.3) is 0 Å². The molecule has 0 saturated carbocycles. The first-order chi connectivity index (χ1) is 12.0. The van der Waals surface area contributed by atoms with Gasteiger partial charge in [0.15, 0.2) is 0 Å². The van der Waals surface area contributed by atoms with Crippen LogP contribution in [0.3, 0.4) is 0 Å². The number of nitrogens with one attached hydrogen (secondary N) is 1. The van der Waals surface area contributed by atoms with E-state index >= 15 is 0 Å². The van der Waals surface area contributed by atoms with Gasteiger partial charge in [-0.25, -0.2) is 4.79 Å². The van der Waals surface area contributed by atoms with Gasteiger partial charge in [-0.2, -0.15) is 0 Å². The van der Waals surface area contributed by atoms with E-state index in [1.54, 1.807) is 12.0 Å². The molecule has 2 aromatic rings. The third-order valence-corrected chi connectivity index (χ3v) is 4.22. The molecule has 0 radical (unpaired) electrons. The lowest BCUT2D eigenvalue weighted by Gasteiger charge is -2.25. The highest BCUT2D eigenvalue weighted by molar-refractivity contribution is 9.10. The number of benzene rings is 2. The van der Waals surface area contributed by atoms with Gasteiger partial charge in [0, 0.05) is 24.1 Å². The van der Waals surface area contributed by atoms with E-state index in [0.29, 0.717) is 24.5 Å². The quantitative estimate of drug-likeness (QED) is 0.755. The van der Waals surface area contributed by atoms with Crippen LogP contribution in [0.5, 0.6) is 5.75 Å². The first-order valence-electron chi connectivity index (χ1n) is 8.07. The van der Waals surface area contributed by atoms with E-state index < -0.39 is 0 Å². The Kier molecular flexibility index (Phi) is 7.28. The standard InChI is InChI=1S/C19H24BrN3O2/c1-22(2)11-12-23(14-15-7-5-4-6-8-15)19(24)21-17-13-16(20)9-10-18(17)25-3/h4-10,13H,11-12,14H2,1-3H3,(H,21,24). The van der Waals surface area contributed by atoms with Crippen LogP contribution >= 0.6 is 15.9 Å². The zero-order chi connectivity index (χ0) is 18.2. The molecule has 2 aromatic carbocycles. The lowest BCUT2D eigenvalue weighted by atomic mass is 10.2. The summed E-state index contributed by atoms with van der Waals surface area (Å²) in [5.74, 6) is 0.629. The van der Waals surface area contributed by atoms with E-state index in [4.69, 9.17) is 4.74 Å². The van der Waals surface area contributed by atoms with Crippen LogP contribution in [-0.4, -0.2) is 50.1 Å². The fraction of sp³-hybridized carbons (Fsp3) is 0.316. The van der Waals surface area contributed by atoms with Crippen molar-refractivity contribution in [3.8, 4) is 5.75 Å². The fourth-order valence-corrected chi connectivity index (χ4v) is 2.71. The van der Waals surface area contributed by atoms with Gasteiger partial charge in [0.2, 0.25) is 0 Å². The van der Waals surface area contributed by atoms with E-state index in [0.717, 1.165) is 16.6 Å². The molecule has 6 heteroatoms. The molecule has 2 rings (SSSR count). The number of urea groups is 1. The van der Waals surface area contributed by atoms with Gasteiger partial charge >= 0.3 is 6.03 Å². The molecule has 25 heavy (non-hydrogen) atoms. The van der Waals surface area contributed by atoms with Gasteiger partial charge < -0.3 is 19.9 Å². The van der Waals surface area contributed by atoms with Crippen LogP contribution in [-0.2, 0) is 6.54 Å². The Morgan fingerprint density at radius 3 is 2.48 bits per heavy atom. The Labute approximate surface area is 157 Å². The van der Waals surface area contributed by atoms with Gasteiger partial charge in [-0.3, -0.25) is 0 Å². The number of amides is 2. The lowest BCUT2D eigenvalue weighted by Crippen LogP contribution is -2.39. The maximum atomic E-state index is 12.8. The van der Waals surface area contributed by atoms with Crippen molar-refractivity contribution in [3.05, 3.63) is 58.6 Å². The molecular formula is C19H24BrN3O2. The second-order valence-corrected chi connectivity index (χ2v) is 6.90. The molecule has 0 fully saturated rings. The first kappa shape index (κ1) is 19.3. The van der Waals surface area contributed by atoms with Crippen LogP contribution < -0.4 is 10.1 Å². The maximum absolute atomic E-state index is 12.8. The van der Waals surface area contributed by atoms with Gasteiger partial charge in [0.05, 0.1) is 12.8 Å². The average molecular weight is 406 g/mol. The zero-order valence-electron chi connectivity index (χ0n) is 14.8. The number of ether oxygens (including phenoxy) is 1. The van der Waals surface area contributed by atoms with Crippen LogP contribution in [0.2, 0.25) is 0 Å². The fourth-order valence-electron chi connectivity index (χ4n) is 2.35. The van der Waals surface area contributed by atoms with Gasteiger partial charge in [-0.15, -0.1) is 0 Å². The zero-order valence-corrected chi connectivity index (χ0v) is 16.4. The highest BCUT2D eigenvalue weighted by atomic mass is 79.9. The number of halogens is 1. The van der Waals surface area contributed by atoms with Crippen LogP contribution in [0.15, 0.2) is 53.0 Å². The number of carbonyl (C=O) groups excluding carboxylic acids is 1. The Bertz CT molecular complexity index is 692. The van der Waals surface area contributed by atoms with E-state index in [9.17, 15) is 4.79 Å².